The summed E-state index contributed by atoms with van der Waals surface area (Å²) in [5.74, 6) is 0.109. The molecule has 2 aromatic rings. The zero-order chi connectivity index (χ0) is 13.4. The first-order valence-electron chi connectivity index (χ1n) is 6.33. The zero-order valence-corrected chi connectivity index (χ0v) is 12.8. The predicted molar refractivity (Wildman–Crippen MR) is 85.7 cm³/mol. The Morgan fingerprint density at radius 1 is 1.16 bits per heavy atom. The normalized spacial score (nSPS) is 13.5. The van der Waals surface area contributed by atoms with Crippen LogP contribution in [-0.2, 0) is 6.42 Å². The molecule has 3 heteroatoms. The van der Waals surface area contributed by atoms with E-state index in [-0.39, 0.29) is 5.91 Å². The number of anilines is 1. The van der Waals surface area contributed by atoms with E-state index in [1.54, 1.807) is 0 Å². The Balaban J connectivity index is 2.00. The maximum Gasteiger partial charge on any atom is 0.259 e. The maximum atomic E-state index is 12.7. The van der Waals surface area contributed by atoms with Crippen LogP contribution in [0.15, 0.2) is 42.5 Å². The summed E-state index contributed by atoms with van der Waals surface area (Å²) in [6.07, 6.45) is 0.949. The smallest absolute Gasteiger partial charge is 0.259 e. The monoisotopic (exact) mass is 363 g/mol. The maximum absolute atomic E-state index is 12.7. The van der Waals surface area contributed by atoms with Gasteiger partial charge in [0.1, 0.15) is 0 Å². The van der Waals surface area contributed by atoms with Gasteiger partial charge in [-0.2, -0.15) is 0 Å². The van der Waals surface area contributed by atoms with Gasteiger partial charge in [-0.05, 0) is 59.2 Å². The fraction of sp³-hybridized carbons (Fsp3) is 0.188. The van der Waals surface area contributed by atoms with Crippen molar-refractivity contribution in [2.75, 3.05) is 11.4 Å². The Morgan fingerprint density at radius 3 is 2.79 bits per heavy atom. The zero-order valence-electron chi connectivity index (χ0n) is 10.7. The van der Waals surface area contributed by atoms with Crippen LogP contribution in [0.25, 0.3) is 0 Å². The second kappa shape index (κ2) is 4.96. The molecular formula is C16H14INO. The first-order chi connectivity index (χ1) is 9.18. The lowest BCUT2D eigenvalue weighted by atomic mass is 10.1. The Hall–Kier alpha value is -1.36. The molecule has 0 radical (unpaired) electrons. The highest BCUT2D eigenvalue weighted by Crippen LogP contribution is 2.30. The van der Waals surface area contributed by atoms with Crippen molar-refractivity contribution in [2.45, 2.75) is 13.3 Å². The molecule has 96 valence electrons. The molecule has 1 aliphatic heterocycles. The van der Waals surface area contributed by atoms with Crippen LogP contribution < -0.4 is 4.90 Å². The van der Waals surface area contributed by atoms with Crippen molar-refractivity contribution >= 4 is 34.2 Å². The molecule has 0 bridgehead atoms. The Labute approximate surface area is 126 Å². The largest absolute Gasteiger partial charge is 0.308 e. The highest BCUT2D eigenvalue weighted by Gasteiger charge is 2.26. The number of carbonyl (C=O) groups excluding carboxylic acids is 1. The van der Waals surface area contributed by atoms with Gasteiger partial charge in [0.15, 0.2) is 0 Å². The third kappa shape index (κ3) is 2.16. The number of hydrogen-bond acceptors (Lipinski definition) is 1. The average molecular weight is 363 g/mol. The Bertz CT molecular complexity index is 651. The highest BCUT2D eigenvalue weighted by molar-refractivity contribution is 14.1. The quantitative estimate of drug-likeness (QED) is 0.706. The summed E-state index contributed by atoms with van der Waals surface area (Å²) in [4.78, 5) is 14.6. The van der Waals surface area contributed by atoms with Gasteiger partial charge >= 0.3 is 0 Å². The number of aryl methyl sites for hydroxylation is 1. The second-order valence-electron chi connectivity index (χ2n) is 4.77. The molecular weight excluding hydrogens is 349 g/mol. The molecule has 0 aliphatic carbocycles. The number of carbonyl (C=O) groups is 1. The van der Waals surface area contributed by atoms with Crippen LogP contribution in [0.3, 0.4) is 0 Å². The van der Waals surface area contributed by atoms with Crippen LogP contribution in [0.2, 0.25) is 0 Å². The molecule has 0 saturated heterocycles. The van der Waals surface area contributed by atoms with Gasteiger partial charge in [0.05, 0.1) is 5.56 Å². The molecule has 0 unspecified atom stereocenters. The molecule has 1 amide bonds. The Morgan fingerprint density at radius 2 is 1.95 bits per heavy atom. The van der Waals surface area contributed by atoms with Crippen molar-refractivity contribution in [1.29, 1.82) is 0 Å². The highest BCUT2D eigenvalue weighted by atomic mass is 127. The summed E-state index contributed by atoms with van der Waals surface area (Å²) >= 11 is 2.26. The van der Waals surface area contributed by atoms with Crippen molar-refractivity contribution in [3.63, 3.8) is 0 Å². The Kier molecular flexibility index (Phi) is 3.31. The third-order valence-electron chi connectivity index (χ3n) is 3.55. The van der Waals surface area contributed by atoms with Crippen LogP contribution in [-0.4, -0.2) is 12.5 Å². The van der Waals surface area contributed by atoms with Gasteiger partial charge in [-0.3, -0.25) is 4.79 Å². The van der Waals surface area contributed by atoms with Gasteiger partial charge in [-0.15, -0.1) is 0 Å². The average Bonchev–Trinajstić information content (AvgIpc) is 2.85. The standard InChI is InChI=1S/C16H14INO/c1-11-5-4-7-13(15(11)17)16(19)18-10-9-12-6-2-3-8-14(12)18/h2-8H,9-10H2,1H3. The van der Waals surface area contributed by atoms with Gasteiger partial charge in [-0.1, -0.05) is 30.3 Å². The molecule has 1 heterocycles. The van der Waals surface area contributed by atoms with Crippen molar-refractivity contribution in [3.05, 3.63) is 62.7 Å². The molecule has 0 saturated carbocycles. The summed E-state index contributed by atoms with van der Waals surface area (Å²) in [5.41, 5.74) is 4.28. The molecule has 0 fully saturated rings. The number of fused-ring (bicyclic) bond motifs is 1. The van der Waals surface area contributed by atoms with Gasteiger partial charge in [0.2, 0.25) is 0 Å². The minimum absolute atomic E-state index is 0.109. The molecule has 0 N–H and O–H groups in total. The number of benzene rings is 2. The molecule has 2 nitrogen and oxygen atoms in total. The van der Waals surface area contributed by atoms with Crippen LogP contribution in [0.5, 0.6) is 0 Å². The predicted octanol–water partition coefficient (Wildman–Crippen LogP) is 3.80. The fourth-order valence-electron chi connectivity index (χ4n) is 2.51. The minimum atomic E-state index is 0.109. The fourth-order valence-corrected chi connectivity index (χ4v) is 3.10. The summed E-state index contributed by atoms with van der Waals surface area (Å²) in [5, 5.41) is 0. The minimum Gasteiger partial charge on any atom is -0.308 e. The third-order valence-corrected chi connectivity index (χ3v) is 4.99. The molecule has 3 rings (SSSR count). The molecule has 0 spiro atoms. The van der Waals surface area contributed by atoms with E-state index in [0.29, 0.717) is 0 Å². The van der Waals surface area contributed by atoms with E-state index in [2.05, 4.69) is 28.7 Å². The van der Waals surface area contributed by atoms with Gasteiger partial charge in [-0.25, -0.2) is 0 Å². The molecule has 0 atom stereocenters. The number of amides is 1. The van der Waals surface area contributed by atoms with E-state index in [1.165, 1.54) is 5.56 Å². The van der Waals surface area contributed by atoms with Gasteiger partial charge in [0.25, 0.3) is 5.91 Å². The summed E-state index contributed by atoms with van der Waals surface area (Å²) in [6, 6.07) is 14.1. The van der Waals surface area contributed by atoms with Crippen molar-refractivity contribution in [2.24, 2.45) is 0 Å². The SMILES string of the molecule is Cc1cccc(C(=O)N2CCc3ccccc32)c1I. The number of para-hydroxylation sites is 1. The number of nitrogens with zero attached hydrogens (tertiary/aromatic N) is 1. The molecule has 0 aromatic heterocycles. The first-order valence-corrected chi connectivity index (χ1v) is 7.41. The van der Waals surface area contributed by atoms with E-state index < -0.39 is 0 Å². The summed E-state index contributed by atoms with van der Waals surface area (Å²) in [7, 11) is 0. The van der Waals surface area contributed by atoms with Gasteiger partial charge in [0, 0.05) is 15.8 Å². The van der Waals surface area contributed by atoms with Crippen LogP contribution in [0.4, 0.5) is 5.69 Å². The number of hydrogen-bond donors (Lipinski definition) is 0. The van der Waals surface area contributed by atoms with E-state index >= 15 is 0 Å². The summed E-state index contributed by atoms with van der Waals surface area (Å²) < 4.78 is 1.05. The van der Waals surface area contributed by atoms with Crippen LogP contribution in [0, 0.1) is 10.5 Å². The number of rotatable bonds is 1. The van der Waals surface area contributed by atoms with Crippen LogP contribution in [0.1, 0.15) is 21.5 Å². The van der Waals surface area contributed by atoms with E-state index in [1.807, 2.05) is 48.2 Å². The lowest BCUT2D eigenvalue weighted by Gasteiger charge is -2.18. The van der Waals surface area contributed by atoms with Crippen molar-refractivity contribution < 1.29 is 4.79 Å². The van der Waals surface area contributed by atoms with Gasteiger partial charge < -0.3 is 4.90 Å². The van der Waals surface area contributed by atoms with Crippen LogP contribution >= 0.6 is 22.6 Å². The molecule has 1 aliphatic rings. The lowest BCUT2D eigenvalue weighted by Crippen LogP contribution is -2.29. The van der Waals surface area contributed by atoms with E-state index in [0.717, 1.165) is 33.4 Å². The van der Waals surface area contributed by atoms with Crippen molar-refractivity contribution in [3.8, 4) is 0 Å². The van der Waals surface area contributed by atoms with E-state index in [4.69, 9.17) is 0 Å². The van der Waals surface area contributed by atoms with E-state index in [9.17, 15) is 4.79 Å². The van der Waals surface area contributed by atoms with Crippen molar-refractivity contribution in [1.82, 2.24) is 0 Å². The first kappa shape index (κ1) is 12.7. The summed E-state index contributed by atoms with van der Waals surface area (Å²) in [6.45, 7) is 2.82. The lowest BCUT2D eigenvalue weighted by molar-refractivity contribution is 0.0988. The topological polar surface area (TPSA) is 20.3 Å². The molecule has 19 heavy (non-hydrogen) atoms. The second-order valence-corrected chi connectivity index (χ2v) is 5.85. The number of halogens is 1. The molecule has 2 aromatic carbocycles.